The van der Waals surface area contributed by atoms with Crippen LogP contribution in [0.2, 0.25) is 5.28 Å². The van der Waals surface area contributed by atoms with Crippen LogP contribution in [-0.4, -0.2) is 27.8 Å². The van der Waals surface area contributed by atoms with Gasteiger partial charge < -0.3 is 5.32 Å². The Hall–Kier alpha value is -0.610. The van der Waals surface area contributed by atoms with Gasteiger partial charge in [-0.3, -0.25) is 5.10 Å². The fraction of sp³-hybridized carbons (Fsp3) is 0.750. The molecule has 0 aliphatic carbocycles. The third-order valence-electron chi connectivity index (χ3n) is 2.36. The number of halogens is 1. The molecule has 1 fully saturated rings. The molecule has 0 saturated carbocycles. The lowest BCUT2D eigenvalue weighted by molar-refractivity contribution is 0.394. The molecule has 1 aliphatic heterocycles. The first kappa shape index (κ1) is 8.97. The summed E-state index contributed by atoms with van der Waals surface area (Å²) in [6, 6.07) is 0.540. The van der Waals surface area contributed by atoms with Gasteiger partial charge >= 0.3 is 0 Å². The van der Waals surface area contributed by atoms with E-state index in [0.29, 0.717) is 11.3 Å². The minimum atomic E-state index is 0.311. The average molecular weight is 201 g/mol. The van der Waals surface area contributed by atoms with Crippen molar-refractivity contribution >= 4 is 11.6 Å². The Morgan fingerprint density at radius 1 is 1.46 bits per heavy atom. The molecule has 1 atom stereocenters. The van der Waals surface area contributed by atoms with E-state index in [9.17, 15) is 0 Å². The van der Waals surface area contributed by atoms with E-state index in [-0.39, 0.29) is 0 Å². The van der Waals surface area contributed by atoms with E-state index in [1.807, 2.05) is 0 Å². The first-order valence-corrected chi connectivity index (χ1v) is 5.02. The molecule has 5 heteroatoms. The van der Waals surface area contributed by atoms with Gasteiger partial charge in [0.25, 0.3) is 0 Å². The molecule has 72 valence electrons. The van der Waals surface area contributed by atoms with Crippen LogP contribution in [0.3, 0.4) is 0 Å². The number of nitrogens with zero attached hydrogens (tertiary/aromatic N) is 2. The number of rotatable bonds is 2. The standard InChI is InChI=1S/C8H13ClN4/c9-8-11-7(12-13-8)5-6-3-1-2-4-10-6/h6,10H,1-5H2,(H,11,12,13). The molecule has 0 spiro atoms. The van der Waals surface area contributed by atoms with E-state index >= 15 is 0 Å². The summed E-state index contributed by atoms with van der Waals surface area (Å²) in [4.78, 5) is 4.06. The molecule has 1 saturated heterocycles. The number of hydrogen-bond donors (Lipinski definition) is 2. The fourth-order valence-electron chi connectivity index (χ4n) is 1.69. The van der Waals surface area contributed by atoms with Gasteiger partial charge in [-0.15, -0.1) is 5.10 Å². The van der Waals surface area contributed by atoms with Gasteiger partial charge in [0.15, 0.2) is 0 Å². The first-order chi connectivity index (χ1) is 6.34. The summed E-state index contributed by atoms with van der Waals surface area (Å²) in [7, 11) is 0. The number of H-pyrrole nitrogens is 1. The second-order valence-electron chi connectivity index (χ2n) is 3.40. The minimum absolute atomic E-state index is 0.311. The molecular formula is C8H13ClN4. The molecule has 1 aromatic rings. The largest absolute Gasteiger partial charge is 0.314 e. The van der Waals surface area contributed by atoms with E-state index in [4.69, 9.17) is 11.6 Å². The third-order valence-corrected chi connectivity index (χ3v) is 2.53. The van der Waals surface area contributed by atoms with Crippen LogP contribution in [0.25, 0.3) is 0 Å². The molecule has 1 aliphatic rings. The molecule has 1 aromatic heterocycles. The first-order valence-electron chi connectivity index (χ1n) is 4.65. The fourth-order valence-corrected chi connectivity index (χ4v) is 1.84. The highest BCUT2D eigenvalue weighted by molar-refractivity contribution is 6.28. The zero-order valence-electron chi connectivity index (χ0n) is 7.39. The molecule has 0 amide bonds. The summed E-state index contributed by atoms with van der Waals surface area (Å²) in [5.41, 5.74) is 0. The molecule has 4 nitrogen and oxygen atoms in total. The number of aromatic amines is 1. The summed E-state index contributed by atoms with van der Waals surface area (Å²) < 4.78 is 0. The minimum Gasteiger partial charge on any atom is -0.314 e. The molecule has 0 radical (unpaired) electrons. The Labute approximate surface area is 82.1 Å². The van der Waals surface area contributed by atoms with E-state index in [1.165, 1.54) is 19.3 Å². The Morgan fingerprint density at radius 2 is 2.38 bits per heavy atom. The maximum atomic E-state index is 5.60. The Bertz CT molecular complexity index is 267. The SMILES string of the molecule is Clc1n[nH]c(CC2CCCCN2)n1. The van der Waals surface area contributed by atoms with Crippen LogP contribution < -0.4 is 5.32 Å². The van der Waals surface area contributed by atoms with E-state index in [2.05, 4.69) is 20.5 Å². The second-order valence-corrected chi connectivity index (χ2v) is 3.74. The molecule has 2 rings (SSSR count). The highest BCUT2D eigenvalue weighted by Gasteiger charge is 2.14. The van der Waals surface area contributed by atoms with Crippen molar-refractivity contribution in [3.63, 3.8) is 0 Å². The van der Waals surface area contributed by atoms with Crippen LogP contribution in [0.15, 0.2) is 0 Å². The number of aromatic nitrogens is 3. The predicted octanol–water partition coefficient (Wildman–Crippen LogP) is 1.14. The van der Waals surface area contributed by atoms with Gasteiger partial charge in [-0.2, -0.15) is 0 Å². The monoisotopic (exact) mass is 200 g/mol. The van der Waals surface area contributed by atoms with Crippen molar-refractivity contribution < 1.29 is 0 Å². The van der Waals surface area contributed by atoms with Crippen LogP contribution in [0.5, 0.6) is 0 Å². The summed E-state index contributed by atoms with van der Waals surface area (Å²) in [5, 5.41) is 10.4. The van der Waals surface area contributed by atoms with Gasteiger partial charge in [-0.1, -0.05) is 6.42 Å². The highest BCUT2D eigenvalue weighted by atomic mass is 35.5. The van der Waals surface area contributed by atoms with Gasteiger partial charge in [0.05, 0.1) is 0 Å². The molecule has 2 heterocycles. The highest BCUT2D eigenvalue weighted by Crippen LogP contribution is 2.11. The smallest absolute Gasteiger partial charge is 0.242 e. The topological polar surface area (TPSA) is 53.6 Å². The molecule has 13 heavy (non-hydrogen) atoms. The predicted molar refractivity (Wildman–Crippen MR) is 50.7 cm³/mol. The quantitative estimate of drug-likeness (QED) is 0.753. The van der Waals surface area contributed by atoms with Crippen LogP contribution in [0.1, 0.15) is 25.1 Å². The molecular weight excluding hydrogens is 188 g/mol. The van der Waals surface area contributed by atoms with Crippen LogP contribution in [0, 0.1) is 0 Å². The van der Waals surface area contributed by atoms with Crippen LogP contribution >= 0.6 is 11.6 Å². The van der Waals surface area contributed by atoms with Crippen molar-refractivity contribution in [1.29, 1.82) is 0 Å². The van der Waals surface area contributed by atoms with Gasteiger partial charge in [0.2, 0.25) is 5.28 Å². The van der Waals surface area contributed by atoms with Crippen molar-refractivity contribution in [3.8, 4) is 0 Å². The average Bonchev–Trinajstić information content (AvgIpc) is 2.53. The third kappa shape index (κ3) is 2.42. The molecule has 1 unspecified atom stereocenters. The van der Waals surface area contributed by atoms with Gasteiger partial charge in [0, 0.05) is 12.5 Å². The van der Waals surface area contributed by atoms with E-state index in [1.54, 1.807) is 0 Å². The second kappa shape index (κ2) is 4.07. The number of hydrogen-bond acceptors (Lipinski definition) is 3. The van der Waals surface area contributed by atoms with E-state index < -0.39 is 0 Å². The van der Waals surface area contributed by atoms with Crippen molar-refractivity contribution in [2.24, 2.45) is 0 Å². The molecule has 2 N–H and O–H groups in total. The Balaban J connectivity index is 1.89. The summed E-state index contributed by atoms with van der Waals surface area (Å²) >= 11 is 5.60. The summed E-state index contributed by atoms with van der Waals surface area (Å²) in [6.45, 7) is 1.12. The zero-order chi connectivity index (χ0) is 9.10. The molecule has 0 aromatic carbocycles. The van der Waals surface area contributed by atoms with Crippen molar-refractivity contribution in [1.82, 2.24) is 20.5 Å². The van der Waals surface area contributed by atoms with Crippen molar-refractivity contribution in [2.45, 2.75) is 31.7 Å². The maximum Gasteiger partial charge on any atom is 0.242 e. The van der Waals surface area contributed by atoms with Crippen molar-refractivity contribution in [3.05, 3.63) is 11.1 Å². The summed E-state index contributed by atoms with van der Waals surface area (Å²) in [5.74, 6) is 0.879. The number of nitrogens with one attached hydrogen (secondary N) is 2. The van der Waals surface area contributed by atoms with Gasteiger partial charge in [0.1, 0.15) is 5.82 Å². The normalized spacial score (nSPS) is 23.3. The van der Waals surface area contributed by atoms with Crippen LogP contribution in [0.4, 0.5) is 0 Å². The van der Waals surface area contributed by atoms with Gasteiger partial charge in [-0.25, -0.2) is 4.98 Å². The number of piperidine rings is 1. The molecule has 0 bridgehead atoms. The zero-order valence-corrected chi connectivity index (χ0v) is 8.14. The van der Waals surface area contributed by atoms with Crippen LogP contribution in [-0.2, 0) is 6.42 Å². The van der Waals surface area contributed by atoms with E-state index in [0.717, 1.165) is 18.8 Å². The van der Waals surface area contributed by atoms with Crippen molar-refractivity contribution in [2.75, 3.05) is 6.54 Å². The lowest BCUT2D eigenvalue weighted by atomic mass is 10.0. The lowest BCUT2D eigenvalue weighted by Crippen LogP contribution is -2.35. The van der Waals surface area contributed by atoms with Gasteiger partial charge in [-0.05, 0) is 31.0 Å². The summed E-state index contributed by atoms with van der Waals surface area (Å²) in [6.07, 6.45) is 4.71. The Kier molecular flexibility index (Phi) is 2.80. The maximum absolute atomic E-state index is 5.60. The lowest BCUT2D eigenvalue weighted by Gasteiger charge is -2.22. The Morgan fingerprint density at radius 3 is 3.00 bits per heavy atom.